The fourth-order valence-corrected chi connectivity index (χ4v) is 2.42. The number of ether oxygens (including phenoxy) is 1. The number of methoxy groups -OCH3 is 1. The molecule has 1 aromatic rings. The molecule has 98 valence electrons. The smallest absolute Gasteiger partial charge is 0.257 e. The minimum atomic E-state index is 0.00958. The van der Waals surface area contributed by atoms with Crippen LogP contribution in [0.5, 0.6) is 5.75 Å². The Morgan fingerprint density at radius 1 is 1.33 bits per heavy atom. The summed E-state index contributed by atoms with van der Waals surface area (Å²) >= 11 is 0. The lowest BCUT2D eigenvalue weighted by Gasteiger charge is -2.18. The molecule has 1 aromatic carbocycles. The van der Waals surface area contributed by atoms with Crippen LogP contribution in [0.4, 0.5) is 5.69 Å². The summed E-state index contributed by atoms with van der Waals surface area (Å²) in [6.45, 7) is 5.96. The van der Waals surface area contributed by atoms with Gasteiger partial charge in [0.25, 0.3) is 5.91 Å². The van der Waals surface area contributed by atoms with Crippen LogP contribution in [0, 0.1) is 11.8 Å². The van der Waals surface area contributed by atoms with Gasteiger partial charge in [-0.3, -0.25) is 4.79 Å². The number of nitrogens with zero attached hydrogens (tertiary/aromatic N) is 1. The molecule has 0 saturated carbocycles. The van der Waals surface area contributed by atoms with Crippen molar-refractivity contribution in [3.8, 4) is 5.75 Å². The van der Waals surface area contributed by atoms with Crippen molar-refractivity contribution in [2.24, 2.45) is 11.8 Å². The number of carbonyl (C=O) groups excluding carboxylic acids is 1. The molecular weight excluding hydrogens is 228 g/mol. The van der Waals surface area contributed by atoms with Gasteiger partial charge in [0.05, 0.1) is 18.4 Å². The summed E-state index contributed by atoms with van der Waals surface area (Å²) in [7, 11) is 1.54. The topological polar surface area (TPSA) is 55.6 Å². The van der Waals surface area contributed by atoms with Gasteiger partial charge >= 0.3 is 0 Å². The van der Waals surface area contributed by atoms with Gasteiger partial charge in [-0.2, -0.15) is 0 Å². The molecule has 1 fully saturated rings. The zero-order valence-electron chi connectivity index (χ0n) is 11.1. The Bertz CT molecular complexity index is 449. The van der Waals surface area contributed by atoms with E-state index in [1.807, 2.05) is 4.90 Å². The molecule has 1 heterocycles. The van der Waals surface area contributed by atoms with Crippen molar-refractivity contribution < 1.29 is 9.53 Å². The highest BCUT2D eigenvalue weighted by Crippen LogP contribution is 2.30. The number of rotatable bonds is 2. The van der Waals surface area contributed by atoms with E-state index in [0.717, 1.165) is 13.1 Å². The van der Waals surface area contributed by atoms with Crippen molar-refractivity contribution in [2.75, 3.05) is 25.9 Å². The van der Waals surface area contributed by atoms with Crippen LogP contribution in [0.25, 0.3) is 0 Å². The van der Waals surface area contributed by atoms with E-state index < -0.39 is 0 Å². The third-order valence-electron chi connectivity index (χ3n) is 3.76. The van der Waals surface area contributed by atoms with Crippen molar-refractivity contribution in [1.29, 1.82) is 0 Å². The quantitative estimate of drug-likeness (QED) is 0.814. The van der Waals surface area contributed by atoms with Crippen LogP contribution in [0.2, 0.25) is 0 Å². The molecule has 4 nitrogen and oxygen atoms in total. The van der Waals surface area contributed by atoms with Crippen LogP contribution in [0.15, 0.2) is 18.2 Å². The Morgan fingerprint density at radius 2 is 1.94 bits per heavy atom. The molecule has 1 amide bonds. The van der Waals surface area contributed by atoms with Crippen LogP contribution < -0.4 is 10.5 Å². The highest BCUT2D eigenvalue weighted by atomic mass is 16.5. The van der Waals surface area contributed by atoms with Crippen LogP contribution in [0.1, 0.15) is 24.2 Å². The number of benzene rings is 1. The Labute approximate surface area is 108 Å². The first-order chi connectivity index (χ1) is 8.54. The molecule has 1 saturated heterocycles. The third-order valence-corrected chi connectivity index (χ3v) is 3.76. The molecule has 0 aromatic heterocycles. The average molecular weight is 248 g/mol. The summed E-state index contributed by atoms with van der Waals surface area (Å²) in [6.07, 6.45) is 0. The van der Waals surface area contributed by atoms with Gasteiger partial charge in [0.15, 0.2) is 5.75 Å². The number of likely N-dealkylation sites (tertiary alicyclic amines) is 1. The molecule has 2 N–H and O–H groups in total. The van der Waals surface area contributed by atoms with Gasteiger partial charge < -0.3 is 15.4 Å². The SMILES string of the molecule is COc1c(N)cccc1C(=O)N1CC(C)C(C)C1. The first kappa shape index (κ1) is 12.7. The predicted octanol–water partition coefficient (Wildman–Crippen LogP) is 2.01. The number of nitrogens with two attached hydrogens (primary N) is 1. The maximum Gasteiger partial charge on any atom is 0.257 e. The van der Waals surface area contributed by atoms with E-state index in [-0.39, 0.29) is 5.91 Å². The van der Waals surface area contributed by atoms with Crippen LogP contribution >= 0.6 is 0 Å². The fourth-order valence-electron chi connectivity index (χ4n) is 2.42. The Balaban J connectivity index is 2.27. The van der Waals surface area contributed by atoms with Gasteiger partial charge in [-0.05, 0) is 24.0 Å². The second-order valence-electron chi connectivity index (χ2n) is 5.09. The van der Waals surface area contributed by atoms with E-state index in [4.69, 9.17) is 10.5 Å². The van der Waals surface area contributed by atoms with E-state index in [9.17, 15) is 4.79 Å². The number of nitrogen functional groups attached to an aromatic ring is 1. The molecule has 2 unspecified atom stereocenters. The average Bonchev–Trinajstić information content (AvgIpc) is 2.68. The minimum absolute atomic E-state index is 0.00958. The molecule has 4 heteroatoms. The highest BCUT2D eigenvalue weighted by molar-refractivity contribution is 5.98. The molecule has 0 radical (unpaired) electrons. The summed E-state index contributed by atoms with van der Waals surface area (Å²) in [6, 6.07) is 5.30. The maximum atomic E-state index is 12.5. The van der Waals surface area contributed by atoms with Gasteiger partial charge in [0, 0.05) is 13.1 Å². The van der Waals surface area contributed by atoms with Crippen LogP contribution in [0.3, 0.4) is 0 Å². The lowest BCUT2D eigenvalue weighted by Crippen LogP contribution is -2.29. The summed E-state index contributed by atoms with van der Waals surface area (Å²) in [5.74, 6) is 1.58. The van der Waals surface area contributed by atoms with Crippen molar-refractivity contribution in [2.45, 2.75) is 13.8 Å². The lowest BCUT2D eigenvalue weighted by atomic mass is 10.0. The number of hydrogen-bond acceptors (Lipinski definition) is 3. The van der Waals surface area contributed by atoms with Gasteiger partial charge in [0.2, 0.25) is 0 Å². The summed E-state index contributed by atoms with van der Waals surface area (Å²) < 4.78 is 5.24. The highest BCUT2D eigenvalue weighted by Gasteiger charge is 2.31. The maximum absolute atomic E-state index is 12.5. The molecule has 2 atom stereocenters. The van der Waals surface area contributed by atoms with Crippen molar-refractivity contribution in [3.63, 3.8) is 0 Å². The zero-order chi connectivity index (χ0) is 13.3. The number of carbonyl (C=O) groups is 1. The van der Waals surface area contributed by atoms with Gasteiger partial charge in [0.1, 0.15) is 0 Å². The van der Waals surface area contributed by atoms with Crippen molar-refractivity contribution in [1.82, 2.24) is 4.90 Å². The van der Waals surface area contributed by atoms with Gasteiger partial charge in [-0.15, -0.1) is 0 Å². The number of hydrogen-bond donors (Lipinski definition) is 1. The first-order valence-electron chi connectivity index (χ1n) is 6.26. The van der Waals surface area contributed by atoms with Crippen molar-refractivity contribution in [3.05, 3.63) is 23.8 Å². The molecule has 0 spiro atoms. The zero-order valence-corrected chi connectivity index (χ0v) is 11.1. The molecule has 18 heavy (non-hydrogen) atoms. The number of amides is 1. The van der Waals surface area contributed by atoms with E-state index in [2.05, 4.69) is 13.8 Å². The Hall–Kier alpha value is -1.71. The van der Waals surface area contributed by atoms with E-state index in [1.54, 1.807) is 18.2 Å². The molecule has 1 aliphatic heterocycles. The molecule has 0 aliphatic carbocycles. The van der Waals surface area contributed by atoms with Crippen LogP contribution in [-0.2, 0) is 0 Å². The van der Waals surface area contributed by atoms with E-state index in [0.29, 0.717) is 28.8 Å². The van der Waals surface area contributed by atoms with Crippen LogP contribution in [-0.4, -0.2) is 31.0 Å². The summed E-state index contributed by atoms with van der Waals surface area (Å²) in [5.41, 5.74) is 6.89. The molecule has 2 rings (SSSR count). The molecule has 0 bridgehead atoms. The second-order valence-corrected chi connectivity index (χ2v) is 5.09. The summed E-state index contributed by atoms with van der Waals surface area (Å²) in [4.78, 5) is 14.3. The van der Waals surface area contributed by atoms with Gasteiger partial charge in [-0.1, -0.05) is 19.9 Å². The normalized spacial score (nSPS) is 23.2. The Kier molecular flexibility index (Phi) is 3.45. The summed E-state index contributed by atoms with van der Waals surface area (Å²) in [5, 5.41) is 0. The minimum Gasteiger partial charge on any atom is -0.494 e. The van der Waals surface area contributed by atoms with Gasteiger partial charge in [-0.25, -0.2) is 0 Å². The number of anilines is 1. The monoisotopic (exact) mass is 248 g/mol. The number of para-hydroxylation sites is 1. The standard InChI is InChI=1S/C14H20N2O2/c1-9-7-16(8-10(9)2)14(17)11-5-4-6-12(15)13(11)18-3/h4-6,9-10H,7-8,15H2,1-3H3. The largest absolute Gasteiger partial charge is 0.494 e. The fraction of sp³-hybridized carbons (Fsp3) is 0.500. The van der Waals surface area contributed by atoms with E-state index in [1.165, 1.54) is 7.11 Å². The Morgan fingerprint density at radius 3 is 2.50 bits per heavy atom. The predicted molar refractivity (Wildman–Crippen MR) is 71.6 cm³/mol. The molecule has 1 aliphatic rings. The van der Waals surface area contributed by atoms with E-state index >= 15 is 0 Å². The van der Waals surface area contributed by atoms with Crippen molar-refractivity contribution >= 4 is 11.6 Å². The third kappa shape index (κ3) is 2.15. The first-order valence-corrected chi connectivity index (χ1v) is 6.26. The second kappa shape index (κ2) is 4.88. The lowest BCUT2D eigenvalue weighted by molar-refractivity contribution is 0.0781. The molecular formula is C14H20N2O2.